The molecule has 156 valence electrons. The molecule has 0 radical (unpaired) electrons. The molecule has 2 atom stereocenters. The third kappa shape index (κ3) is 4.18. The first-order valence-corrected chi connectivity index (χ1v) is 9.85. The van der Waals surface area contributed by atoms with Gasteiger partial charge in [0.05, 0.1) is 24.1 Å². The molecule has 4 rings (SSSR count). The Kier molecular flexibility index (Phi) is 5.50. The monoisotopic (exact) mass is 410 g/mol. The lowest BCUT2D eigenvalue weighted by Crippen LogP contribution is -2.49. The van der Waals surface area contributed by atoms with Crippen molar-refractivity contribution in [3.8, 4) is 0 Å². The van der Waals surface area contributed by atoms with E-state index in [4.69, 9.17) is 4.74 Å². The van der Waals surface area contributed by atoms with Crippen molar-refractivity contribution < 1.29 is 18.7 Å². The first kappa shape index (κ1) is 20.0. The number of morpholine rings is 1. The number of amides is 2. The number of ether oxygens (including phenoxy) is 1. The zero-order chi connectivity index (χ0) is 21.3. The second kappa shape index (κ2) is 8.23. The number of fused-ring (bicyclic) bond motifs is 1. The van der Waals surface area contributed by atoms with Crippen molar-refractivity contribution in [2.24, 2.45) is 0 Å². The van der Waals surface area contributed by atoms with Crippen molar-refractivity contribution in [1.29, 1.82) is 0 Å². The quantitative estimate of drug-likeness (QED) is 0.717. The largest absolute Gasteiger partial charge is 0.372 e. The number of carbonyl (C=O) groups excluding carboxylic acids is 2. The minimum absolute atomic E-state index is 0.00398. The second-order valence-electron chi connectivity index (χ2n) is 7.58. The summed E-state index contributed by atoms with van der Waals surface area (Å²) in [4.78, 5) is 27.1. The minimum Gasteiger partial charge on any atom is -0.372 e. The van der Waals surface area contributed by atoms with Gasteiger partial charge in [0, 0.05) is 30.2 Å². The number of benzene rings is 2. The summed E-state index contributed by atoms with van der Waals surface area (Å²) >= 11 is 0. The molecule has 2 unspecified atom stereocenters. The Morgan fingerprint density at radius 1 is 1.13 bits per heavy atom. The number of halogens is 1. The van der Waals surface area contributed by atoms with Crippen LogP contribution in [0.5, 0.6) is 0 Å². The third-order valence-electron chi connectivity index (χ3n) is 5.08. The number of hydrogen-bond acceptors (Lipinski definition) is 4. The molecule has 2 aromatic carbocycles. The maximum atomic E-state index is 14.0. The van der Waals surface area contributed by atoms with E-state index in [-0.39, 0.29) is 36.4 Å². The standard InChI is InChI=1S/C22H23FN4O3/c1-14-10-26(11-15(2)30-14)21(28)13-27-12-16(9-24-27)25-22(29)19-7-8-20(23)18-6-4-3-5-17(18)19/h3-9,12,14-15H,10-11,13H2,1-2H3,(H,25,29). The van der Waals surface area contributed by atoms with Crippen LogP contribution in [0.1, 0.15) is 24.2 Å². The van der Waals surface area contributed by atoms with Crippen LogP contribution in [0.25, 0.3) is 10.8 Å². The molecule has 2 amide bonds. The van der Waals surface area contributed by atoms with E-state index in [0.29, 0.717) is 35.1 Å². The molecule has 1 N–H and O–H groups in total. The summed E-state index contributed by atoms with van der Waals surface area (Å²) in [6.07, 6.45) is 3.09. The topological polar surface area (TPSA) is 76.5 Å². The van der Waals surface area contributed by atoms with Crippen molar-refractivity contribution in [2.75, 3.05) is 18.4 Å². The fourth-order valence-corrected chi connectivity index (χ4v) is 3.79. The first-order valence-electron chi connectivity index (χ1n) is 9.85. The van der Waals surface area contributed by atoms with Gasteiger partial charge in [0.25, 0.3) is 5.91 Å². The lowest BCUT2D eigenvalue weighted by Gasteiger charge is -2.35. The van der Waals surface area contributed by atoms with Gasteiger partial charge in [-0.25, -0.2) is 4.39 Å². The maximum Gasteiger partial charge on any atom is 0.256 e. The van der Waals surface area contributed by atoms with Gasteiger partial charge in [0.1, 0.15) is 12.4 Å². The lowest BCUT2D eigenvalue weighted by molar-refractivity contribution is -0.144. The van der Waals surface area contributed by atoms with Gasteiger partial charge in [-0.3, -0.25) is 14.3 Å². The van der Waals surface area contributed by atoms with Crippen molar-refractivity contribution >= 4 is 28.3 Å². The third-order valence-corrected chi connectivity index (χ3v) is 5.08. The maximum absolute atomic E-state index is 14.0. The smallest absolute Gasteiger partial charge is 0.256 e. The van der Waals surface area contributed by atoms with Crippen molar-refractivity contribution in [3.05, 3.63) is 60.2 Å². The van der Waals surface area contributed by atoms with Crippen LogP contribution in [0.4, 0.5) is 10.1 Å². The van der Waals surface area contributed by atoms with Crippen LogP contribution < -0.4 is 5.32 Å². The summed E-state index contributed by atoms with van der Waals surface area (Å²) in [6, 6.07) is 9.57. The van der Waals surface area contributed by atoms with Crippen LogP contribution in [0.2, 0.25) is 0 Å². The fraction of sp³-hybridized carbons (Fsp3) is 0.318. The second-order valence-corrected chi connectivity index (χ2v) is 7.58. The van der Waals surface area contributed by atoms with Crippen molar-refractivity contribution in [2.45, 2.75) is 32.6 Å². The number of hydrogen-bond donors (Lipinski definition) is 1. The molecule has 1 fully saturated rings. The highest BCUT2D eigenvalue weighted by molar-refractivity contribution is 6.12. The van der Waals surface area contributed by atoms with E-state index < -0.39 is 0 Å². The van der Waals surface area contributed by atoms with E-state index in [1.165, 1.54) is 23.0 Å². The number of carbonyl (C=O) groups is 2. The van der Waals surface area contributed by atoms with Crippen molar-refractivity contribution in [3.63, 3.8) is 0 Å². The van der Waals surface area contributed by atoms with Gasteiger partial charge >= 0.3 is 0 Å². The Bertz CT molecular complexity index is 1090. The highest BCUT2D eigenvalue weighted by Gasteiger charge is 2.26. The summed E-state index contributed by atoms with van der Waals surface area (Å²) in [5, 5.41) is 7.87. The summed E-state index contributed by atoms with van der Waals surface area (Å²) < 4.78 is 21.1. The Morgan fingerprint density at radius 3 is 2.57 bits per heavy atom. The predicted molar refractivity (Wildman–Crippen MR) is 111 cm³/mol. The van der Waals surface area contributed by atoms with Gasteiger partial charge in [0.2, 0.25) is 5.91 Å². The average Bonchev–Trinajstić information content (AvgIpc) is 3.14. The number of rotatable bonds is 4. The minimum atomic E-state index is -0.375. The molecule has 1 saturated heterocycles. The summed E-state index contributed by atoms with van der Waals surface area (Å²) in [7, 11) is 0. The average molecular weight is 410 g/mol. The molecule has 0 saturated carbocycles. The molecule has 1 aliphatic rings. The molecule has 3 aromatic rings. The van der Waals surface area contributed by atoms with E-state index in [1.807, 2.05) is 13.8 Å². The highest BCUT2D eigenvalue weighted by atomic mass is 19.1. The number of anilines is 1. The SMILES string of the molecule is CC1CN(C(=O)Cn2cc(NC(=O)c3ccc(F)c4ccccc34)cn2)CC(C)O1. The van der Waals surface area contributed by atoms with Gasteiger partial charge in [-0.1, -0.05) is 24.3 Å². The molecule has 7 nitrogen and oxygen atoms in total. The van der Waals surface area contributed by atoms with Crippen molar-refractivity contribution in [1.82, 2.24) is 14.7 Å². The molecule has 1 aliphatic heterocycles. The highest BCUT2D eigenvalue weighted by Crippen LogP contribution is 2.23. The molecule has 1 aromatic heterocycles. The Morgan fingerprint density at radius 2 is 1.83 bits per heavy atom. The molecule has 0 spiro atoms. The Hall–Kier alpha value is -3.26. The summed E-state index contributed by atoms with van der Waals surface area (Å²) in [6.45, 7) is 5.05. The van der Waals surface area contributed by atoms with Crippen LogP contribution in [-0.4, -0.2) is 51.8 Å². The van der Waals surface area contributed by atoms with Crippen LogP contribution in [0, 0.1) is 5.82 Å². The predicted octanol–water partition coefficient (Wildman–Crippen LogP) is 3.06. The van der Waals surface area contributed by atoms with E-state index >= 15 is 0 Å². The number of nitrogens with zero attached hydrogens (tertiary/aromatic N) is 3. The molecular weight excluding hydrogens is 387 g/mol. The van der Waals surface area contributed by atoms with Gasteiger partial charge in [-0.15, -0.1) is 0 Å². The first-order chi connectivity index (χ1) is 14.4. The van der Waals surface area contributed by atoms with E-state index in [1.54, 1.807) is 35.4 Å². The van der Waals surface area contributed by atoms with E-state index in [2.05, 4.69) is 10.4 Å². The molecule has 0 bridgehead atoms. The lowest BCUT2D eigenvalue weighted by atomic mass is 10.0. The van der Waals surface area contributed by atoms with Gasteiger partial charge < -0.3 is 15.0 Å². The number of nitrogens with one attached hydrogen (secondary N) is 1. The van der Waals surface area contributed by atoms with E-state index in [9.17, 15) is 14.0 Å². The van der Waals surface area contributed by atoms with E-state index in [0.717, 1.165) is 0 Å². The Balaban J connectivity index is 1.44. The zero-order valence-electron chi connectivity index (χ0n) is 16.8. The molecule has 30 heavy (non-hydrogen) atoms. The van der Waals surface area contributed by atoms with Gasteiger partial charge in [-0.05, 0) is 31.4 Å². The van der Waals surface area contributed by atoms with Gasteiger partial charge in [0.15, 0.2) is 0 Å². The van der Waals surface area contributed by atoms with Crippen LogP contribution in [0.3, 0.4) is 0 Å². The number of aromatic nitrogens is 2. The van der Waals surface area contributed by atoms with Gasteiger partial charge in [-0.2, -0.15) is 5.10 Å². The zero-order valence-corrected chi connectivity index (χ0v) is 16.8. The van der Waals surface area contributed by atoms with Crippen LogP contribution in [-0.2, 0) is 16.1 Å². The molecule has 2 heterocycles. The summed E-state index contributed by atoms with van der Waals surface area (Å²) in [5.74, 6) is -0.796. The molecular formula is C22H23FN4O3. The Labute approximate surface area is 173 Å². The molecule has 0 aliphatic carbocycles. The fourth-order valence-electron chi connectivity index (χ4n) is 3.79. The normalized spacial score (nSPS) is 19.1. The summed E-state index contributed by atoms with van der Waals surface area (Å²) in [5.41, 5.74) is 0.831. The van der Waals surface area contributed by atoms with Crippen LogP contribution >= 0.6 is 0 Å². The molecule has 8 heteroatoms. The van der Waals surface area contributed by atoms with Crippen LogP contribution in [0.15, 0.2) is 48.8 Å².